The number of carbonyl (C=O) groups excluding carboxylic acids is 2. The maximum atomic E-state index is 13.2. The van der Waals surface area contributed by atoms with Crippen LogP contribution in [-0.2, 0) is 9.53 Å². The van der Waals surface area contributed by atoms with Gasteiger partial charge in [0, 0.05) is 18.8 Å². The molecular formula is C25H30N2O3. The second-order valence-electron chi connectivity index (χ2n) is 7.54. The highest BCUT2D eigenvalue weighted by Crippen LogP contribution is 2.36. The Kier molecular flexibility index (Phi) is 7.28. The van der Waals surface area contributed by atoms with Crippen molar-refractivity contribution in [1.29, 1.82) is 0 Å². The minimum atomic E-state index is -0.502. The van der Waals surface area contributed by atoms with Gasteiger partial charge in [-0.3, -0.25) is 4.79 Å². The molecule has 1 saturated heterocycles. The highest BCUT2D eigenvalue weighted by Gasteiger charge is 2.28. The molecule has 2 aromatic carbocycles. The van der Waals surface area contributed by atoms with Crippen LogP contribution >= 0.6 is 0 Å². The number of hydrogen-bond donors (Lipinski definition) is 1. The summed E-state index contributed by atoms with van der Waals surface area (Å²) >= 11 is 0. The third-order valence-corrected chi connectivity index (χ3v) is 5.55. The number of ether oxygens (including phenoxy) is 1. The van der Waals surface area contributed by atoms with E-state index in [0.29, 0.717) is 12.2 Å². The normalized spacial score (nSPS) is 14.7. The molecule has 30 heavy (non-hydrogen) atoms. The van der Waals surface area contributed by atoms with E-state index < -0.39 is 5.92 Å². The first-order valence-electron chi connectivity index (χ1n) is 10.6. The summed E-state index contributed by atoms with van der Waals surface area (Å²) in [6.07, 6.45) is 4.98. The summed E-state index contributed by atoms with van der Waals surface area (Å²) in [7, 11) is 0. The molecule has 1 aliphatic rings. The highest BCUT2D eigenvalue weighted by molar-refractivity contribution is 5.92. The van der Waals surface area contributed by atoms with Gasteiger partial charge in [0.1, 0.15) is 0 Å². The zero-order valence-electron chi connectivity index (χ0n) is 17.8. The van der Waals surface area contributed by atoms with Crippen LogP contribution in [0.2, 0.25) is 0 Å². The second kappa shape index (κ2) is 10.1. The van der Waals surface area contributed by atoms with Gasteiger partial charge in [-0.1, -0.05) is 30.8 Å². The molecule has 1 unspecified atom stereocenters. The summed E-state index contributed by atoms with van der Waals surface area (Å²) in [6, 6.07) is 13.3. The van der Waals surface area contributed by atoms with E-state index in [-0.39, 0.29) is 11.9 Å². The van der Waals surface area contributed by atoms with Gasteiger partial charge in [-0.2, -0.15) is 0 Å². The van der Waals surface area contributed by atoms with E-state index in [1.165, 1.54) is 12.6 Å². The van der Waals surface area contributed by atoms with Crippen LogP contribution in [0.4, 0.5) is 5.69 Å². The third-order valence-electron chi connectivity index (χ3n) is 5.55. The fraction of sp³-hybridized carbons (Fsp3) is 0.360. The van der Waals surface area contributed by atoms with Crippen molar-refractivity contribution in [1.82, 2.24) is 5.32 Å². The number of rotatable bonds is 7. The van der Waals surface area contributed by atoms with Crippen molar-refractivity contribution in [3.8, 4) is 0 Å². The standard InChI is InChI=1S/C25H30N2O3/c1-4-26-24(28)23(19-12-14-20(15-13-19)25(29)30-5-2)22-18(3)10-9-11-21(22)27-16-7-6-8-17-27/h4,9-15,23H,1,5-8,16-17H2,2-3H3,(H,26,28). The Morgan fingerprint density at radius 1 is 1.13 bits per heavy atom. The Balaban J connectivity index is 2.06. The molecule has 1 atom stereocenters. The monoisotopic (exact) mass is 406 g/mol. The maximum Gasteiger partial charge on any atom is 0.338 e. The Morgan fingerprint density at radius 3 is 2.47 bits per heavy atom. The lowest BCUT2D eigenvalue weighted by Crippen LogP contribution is -2.33. The SMILES string of the molecule is C=CNC(=O)C(c1ccc(C(=O)OCC)cc1)c1c(C)cccc1N1CCCCC1. The largest absolute Gasteiger partial charge is 0.462 e. The van der Waals surface area contributed by atoms with Crippen molar-refractivity contribution < 1.29 is 14.3 Å². The molecule has 3 rings (SSSR count). The van der Waals surface area contributed by atoms with Gasteiger partial charge >= 0.3 is 5.97 Å². The molecule has 1 fully saturated rings. The van der Waals surface area contributed by atoms with Gasteiger partial charge in [0.05, 0.1) is 18.1 Å². The summed E-state index contributed by atoms with van der Waals surface area (Å²) < 4.78 is 5.08. The number of hydrogen-bond acceptors (Lipinski definition) is 4. The van der Waals surface area contributed by atoms with Crippen LogP contribution in [0.3, 0.4) is 0 Å². The summed E-state index contributed by atoms with van der Waals surface area (Å²) in [6.45, 7) is 9.80. The lowest BCUT2D eigenvalue weighted by Gasteiger charge is -2.33. The number of esters is 1. The molecule has 1 aliphatic heterocycles. The molecule has 0 aromatic heterocycles. The van der Waals surface area contributed by atoms with E-state index in [9.17, 15) is 9.59 Å². The van der Waals surface area contributed by atoms with Gasteiger partial charge in [0.2, 0.25) is 5.91 Å². The highest BCUT2D eigenvalue weighted by atomic mass is 16.5. The lowest BCUT2D eigenvalue weighted by atomic mass is 9.85. The van der Waals surface area contributed by atoms with E-state index in [1.54, 1.807) is 19.1 Å². The molecule has 2 aromatic rings. The number of anilines is 1. The van der Waals surface area contributed by atoms with Gasteiger partial charge in [-0.15, -0.1) is 0 Å². The fourth-order valence-corrected chi connectivity index (χ4v) is 4.11. The van der Waals surface area contributed by atoms with Crippen LogP contribution in [-0.4, -0.2) is 31.6 Å². The van der Waals surface area contributed by atoms with Crippen molar-refractivity contribution in [2.45, 2.75) is 39.0 Å². The number of piperidine rings is 1. The molecule has 0 radical (unpaired) electrons. The van der Waals surface area contributed by atoms with E-state index in [2.05, 4.69) is 28.9 Å². The molecule has 0 bridgehead atoms. The van der Waals surface area contributed by atoms with E-state index in [4.69, 9.17) is 4.74 Å². The number of benzene rings is 2. The van der Waals surface area contributed by atoms with Crippen LogP contribution in [0, 0.1) is 6.92 Å². The number of amides is 1. The molecule has 0 spiro atoms. The second-order valence-corrected chi connectivity index (χ2v) is 7.54. The molecule has 1 N–H and O–H groups in total. The molecule has 0 saturated carbocycles. The van der Waals surface area contributed by atoms with Crippen molar-refractivity contribution >= 4 is 17.6 Å². The molecule has 1 amide bonds. The molecule has 0 aliphatic carbocycles. The fourth-order valence-electron chi connectivity index (χ4n) is 4.11. The van der Waals surface area contributed by atoms with Crippen LogP contribution in [0.25, 0.3) is 0 Å². The van der Waals surface area contributed by atoms with Crippen LogP contribution in [0.1, 0.15) is 59.2 Å². The Hall–Kier alpha value is -3.08. The van der Waals surface area contributed by atoms with Gasteiger partial charge in [0.15, 0.2) is 0 Å². The summed E-state index contributed by atoms with van der Waals surface area (Å²) in [5.41, 5.74) is 4.48. The number of nitrogens with zero attached hydrogens (tertiary/aromatic N) is 1. The first-order chi connectivity index (χ1) is 14.6. The number of nitrogens with one attached hydrogen (secondary N) is 1. The average Bonchev–Trinajstić information content (AvgIpc) is 2.76. The van der Waals surface area contributed by atoms with Crippen LogP contribution in [0.15, 0.2) is 55.2 Å². The van der Waals surface area contributed by atoms with E-state index >= 15 is 0 Å². The zero-order valence-corrected chi connectivity index (χ0v) is 17.8. The van der Waals surface area contributed by atoms with Gasteiger partial charge < -0.3 is 15.0 Å². The van der Waals surface area contributed by atoms with Gasteiger partial charge in [-0.25, -0.2) is 4.79 Å². The number of carbonyl (C=O) groups is 2. The molecule has 5 nitrogen and oxygen atoms in total. The Bertz CT molecular complexity index is 899. The van der Waals surface area contributed by atoms with Crippen molar-refractivity contribution in [2.75, 3.05) is 24.6 Å². The van der Waals surface area contributed by atoms with Crippen molar-refractivity contribution in [3.63, 3.8) is 0 Å². The van der Waals surface area contributed by atoms with E-state index in [0.717, 1.165) is 48.3 Å². The summed E-state index contributed by atoms with van der Waals surface area (Å²) in [4.78, 5) is 27.6. The smallest absolute Gasteiger partial charge is 0.338 e. The number of aryl methyl sites for hydroxylation is 1. The quantitative estimate of drug-likeness (QED) is 0.685. The minimum Gasteiger partial charge on any atom is -0.462 e. The lowest BCUT2D eigenvalue weighted by molar-refractivity contribution is -0.120. The van der Waals surface area contributed by atoms with Gasteiger partial charge in [0.25, 0.3) is 0 Å². The summed E-state index contributed by atoms with van der Waals surface area (Å²) in [5.74, 6) is -1.00. The van der Waals surface area contributed by atoms with Crippen LogP contribution < -0.4 is 10.2 Å². The Labute approximate surface area is 178 Å². The minimum absolute atomic E-state index is 0.138. The molecule has 1 heterocycles. The Morgan fingerprint density at radius 2 is 1.83 bits per heavy atom. The van der Waals surface area contributed by atoms with Crippen molar-refractivity contribution in [3.05, 3.63) is 77.5 Å². The average molecular weight is 407 g/mol. The molecule has 5 heteroatoms. The molecular weight excluding hydrogens is 376 g/mol. The van der Waals surface area contributed by atoms with Crippen molar-refractivity contribution in [2.24, 2.45) is 0 Å². The first kappa shape index (κ1) is 21.6. The van der Waals surface area contributed by atoms with E-state index in [1.807, 2.05) is 25.1 Å². The zero-order chi connectivity index (χ0) is 21.5. The van der Waals surface area contributed by atoms with Crippen LogP contribution in [0.5, 0.6) is 0 Å². The summed E-state index contributed by atoms with van der Waals surface area (Å²) in [5, 5.41) is 2.77. The third kappa shape index (κ3) is 4.73. The van der Waals surface area contributed by atoms with Gasteiger partial charge in [-0.05, 0) is 74.2 Å². The predicted molar refractivity (Wildman–Crippen MR) is 120 cm³/mol. The molecule has 158 valence electrons. The first-order valence-corrected chi connectivity index (χ1v) is 10.6. The topological polar surface area (TPSA) is 58.6 Å². The predicted octanol–water partition coefficient (Wildman–Crippen LogP) is 4.55. The maximum absolute atomic E-state index is 13.2.